The molecule has 4 saturated carbocycles. The SMILES string of the molecule is c1ccc2c(c1)-c1cc(-n3c4ccccc4c4c(-c5ccc6oc7ccccc7c6c5)cccc43)ccc1C21C2CC3CC(C2)CC1C3. The molecule has 2 heterocycles. The highest BCUT2D eigenvalue weighted by molar-refractivity contribution is 6.17. The first kappa shape index (κ1) is 25.9. The molecule has 0 radical (unpaired) electrons. The second-order valence-corrected chi connectivity index (χ2v) is 15.3. The average molecular weight is 618 g/mol. The van der Waals surface area contributed by atoms with E-state index in [1.165, 1.54) is 92.6 Å². The molecule has 2 aromatic heterocycles. The van der Waals surface area contributed by atoms with E-state index in [1.807, 2.05) is 6.07 Å². The Balaban J connectivity index is 1.09. The molecule has 0 N–H and O–H groups in total. The lowest BCUT2D eigenvalue weighted by Crippen LogP contribution is -2.55. The van der Waals surface area contributed by atoms with Crippen LogP contribution in [0.3, 0.4) is 0 Å². The number of para-hydroxylation sites is 2. The van der Waals surface area contributed by atoms with Gasteiger partial charge in [0.1, 0.15) is 11.2 Å². The van der Waals surface area contributed by atoms with Crippen molar-refractivity contribution in [2.75, 3.05) is 0 Å². The highest BCUT2D eigenvalue weighted by Gasteiger charge is 2.61. The largest absolute Gasteiger partial charge is 0.456 e. The van der Waals surface area contributed by atoms with Crippen molar-refractivity contribution in [2.24, 2.45) is 23.7 Å². The van der Waals surface area contributed by atoms with Gasteiger partial charge in [0.15, 0.2) is 0 Å². The van der Waals surface area contributed by atoms with Gasteiger partial charge in [0.2, 0.25) is 0 Å². The summed E-state index contributed by atoms with van der Waals surface area (Å²) in [4.78, 5) is 0. The molecule has 5 aliphatic rings. The minimum atomic E-state index is 0.196. The molecule has 4 fully saturated rings. The van der Waals surface area contributed by atoms with E-state index in [0.29, 0.717) is 0 Å². The van der Waals surface area contributed by atoms with Crippen LogP contribution in [0.25, 0.3) is 71.7 Å². The van der Waals surface area contributed by atoms with Gasteiger partial charge in [-0.05, 0) is 132 Å². The molecule has 0 atom stereocenters. The van der Waals surface area contributed by atoms with E-state index in [0.717, 1.165) is 34.8 Å². The third kappa shape index (κ3) is 3.15. The summed E-state index contributed by atoms with van der Waals surface area (Å²) < 4.78 is 8.71. The predicted molar refractivity (Wildman–Crippen MR) is 197 cm³/mol. The third-order valence-corrected chi connectivity index (χ3v) is 13.2. The van der Waals surface area contributed by atoms with Crippen LogP contribution in [0.1, 0.15) is 43.2 Å². The smallest absolute Gasteiger partial charge is 0.135 e. The zero-order valence-electron chi connectivity index (χ0n) is 26.8. The van der Waals surface area contributed by atoms with Crippen LogP contribution < -0.4 is 0 Å². The fourth-order valence-electron chi connectivity index (χ4n) is 11.7. The summed E-state index contributed by atoms with van der Waals surface area (Å²) >= 11 is 0. The van der Waals surface area contributed by atoms with Crippen molar-refractivity contribution in [1.29, 1.82) is 0 Å². The minimum absolute atomic E-state index is 0.196. The summed E-state index contributed by atoms with van der Waals surface area (Å²) in [7, 11) is 0. The summed E-state index contributed by atoms with van der Waals surface area (Å²) in [5, 5.41) is 4.93. The van der Waals surface area contributed by atoms with E-state index in [-0.39, 0.29) is 5.41 Å². The van der Waals surface area contributed by atoms with Gasteiger partial charge in [0.25, 0.3) is 0 Å². The van der Waals surface area contributed by atoms with E-state index in [2.05, 4.69) is 126 Å². The summed E-state index contributed by atoms with van der Waals surface area (Å²) in [5.41, 5.74) is 14.5. The Morgan fingerprint density at radius 1 is 0.500 bits per heavy atom. The lowest BCUT2D eigenvalue weighted by atomic mass is 9.43. The van der Waals surface area contributed by atoms with Crippen molar-refractivity contribution in [2.45, 2.75) is 37.5 Å². The standard InChI is InChI=1S/C46H35NO/c1-4-12-39-34(8-1)37-26-32(17-18-40(37)46(39)30-21-27-20-28(23-30)24-31(46)22-27)47-41-13-5-2-10-36(41)45-33(11-7-14-42(45)47)29-16-19-44-38(25-29)35-9-3-6-15-43(35)48-44/h1-19,25-28,30-31H,20-24H2. The number of furan rings is 1. The molecule has 8 aromatic rings. The predicted octanol–water partition coefficient (Wildman–Crippen LogP) is 12.1. The second kappa shape index (κ2) is 9.08. The molecule has 1 spiro atoms. The Labute approximate surface area is 279 Å². The first-order valence-corrected chi connectivity index (χ1v) is 17.9. The summed E-state index contributed by atoms with van der Waals surface area (Å²) in [5.74, 6) is 3.46. The fourth-order valence-corrected chi connectivity index (χ4v) is 11.7. The van der Waals surface area contributed by atoms with Gasteiger partial charge in [0, 0.05) is 32.6 Å². The second-order valence-electron chi connectivity index (χ2n) is 15.3. The van der Waals surface area contributed by atoms with Crippen molar-refractivity contribution in [1.82, 2.24) is 4.57 Å². The van der Waals surface area contributed by atoms with Gasteiger partial charge in [-0.15, -0.1) is 0 Å². The van der Waals surface area contributed by atoms with E-state index in [4.69, 9.17) is 4.42 Å². The summed E-state index contributed by atoms with van der Waals surface area (Å²) in [6, 6.07) is 47.8. The summed E-state index contributed by atoms with van der Waals surface area (Å²) in [6.07, 6.45) is 7.15. The molecule has 0 aliphatic heterocycles. The molecule has 2 nitrogen and oxygen atoms in total. The maximum absolute atomic E-state index is 6.19. The van der Waals surface area contributed by atoms with E-state index in [9.17, 15) is 0 Å². The zero-order chi connectivity index (χ0) is 31.1. The van der Waals surface area contributed by atoms with Gasteiger partial charge in [-0.1, -0.05) is 84.9 Å². The number of benzene rings is 6. The van der Waals surface area contributed by atoms with Crippen LogP contribution in [0.15, 0.2) is 132 Å². The van der Waals surface area contributed by atoms with Gasteiger partial charge >= 0.3 is 0 Å². The van der Waals surface area contributed by atoms with Crippen LogP contribution in [0.4, 0.5) is 0 Å². The van der Waals surface area contributed by atoms with E-state index >= 15 is 0 Å². The normalized spacial score (nSPS) is 25.2. The lowest BCUT2D eigenvalue weighted by Gasteiger charge is -2.61. The molecular weight excluding hydrogens is 583 g/mol. The molecular formula is C46H35NO. The molecule has 13 rings (SSSR count). The van der Waals surface area contributed by atoms with Crippen LogP contribution in [-0.4, -0.2) is 4.57 Å². The topological polar surface area (TPSA) is 18.1 Å². The molecule has 2 heteroatoms. The zero-order valence-corrected chi connectivity index (χ0v) is 26.8. The highest BCUT2D eigenvalue weighted by Crippen LogP contribution is 2.69. The van der Waals surface area contributed by atoms with Crippen molar-refractivity contribution in [3.05, 3.63) is 139 Å². The number of hydrogen-bond acceptors (Lipinski definition) is 1. The molecule has 4 bridgehead atoms. The number of hydrogen-bond donors (Lipinski definition) is 0. The number of nitrogens with zero attached hydrogens (tertiary/aromatic N) is 1. The fraction of sp³-hybridized carbons (Fsp3) is 0.217. The number of fused-ring (bicyclic) bond motifs is 9. The van der Waals surface area contributed by atoms with Crippen LogP contribution in [0, 0.1) is 23.7 Å². The molecule has 0 amide bonds. The molecule has 6 aromatic carbocycles. The van der Waals surface area contributed by atoms with Gasteiger partial charge in [-0.25, -0.2) is 0 Å². The van der Waals surface area contributed by atoms with Crippen LogP contribution in [0.2, 0.25) is 0 Å². The molecule has 5 aliphatic carbocycles. The molecule has 230 valence electrons. The van der Waals surface area contributed by atoms with E-state index < -0.39 is 0 Å². The van der Waals surface area contributed by atoms with Gasteiger partial charge in [0.05, 0.1) is 11.0 Å². The first-order valence-electron chi connectivity index (χ1n) is 17.9. The minimum Gasteiger partial charge on any atom is -0.456 e. The van der Waals surface area contributed by atoms with Crippen molar-refractivity contribution in [3.63, 3.8) is 0 Å². The molecule has 0 unspecified atom stereocenters. The Morgan fingerprint density at radius 3 is 2.06 bits per heavy atom. The summed E-state index contributed by atoms with van der Waals surface area (Å²) in [6.45, 7) is 0. The van der Waals surface area contributed by atoms with Crippen molar-refractivity contribution < 1.29 is 4.42 Å². The number of aromatic nitrogens is 1. The van der Waals surface area contributed by atoms with Crippen LogP contribution in [0.5, 0.6) is 0 Å². The van der Waals surface area contributed by atoms with Crippen LogP contribution in [-0.2, 0) is 5.41 Å². The van der Waals surface area contributed by atoms with Crippen molar-refractivity contribution >= 4 is 43.7 Å². The van der Waals surface area contributed by atoms with Crippen LogP contribution >= 0.6 is 0 Å². The Kier molecular flexibility index (Phi) is 4.91. The monoisotopic (exact) mass is 617 g/mol. The Bertz CT molecular complexity index is 2620. The highest BCUT2D eigenvalue weighted by atomic mass is 16.3. The van der Waals surface area contributed by atoms with Crippen molar-refractivity contribution in [3.8, 4) is 27.9 Å². The Hall–Kier alpha value is -5.08. The third-order valence-electron chi connectivity index (χ3n) is 13.2. The Morgan fingerprint density at radius 2 is 1.19 bits per heavy atom. The van der Waals surface area contributed by atoms with Gasteiger partial charge in [-0.2, -0.15) is 0 Å². The quantitative estimate of drug-likeness (QED) is 0.189. The molecule has 0 saturated heterocycles. The van der Waals surface area contributed by atoms with Gasteiger partial charge < -0.3 is 8.98 Å². The number of rotatable bonds is 2. The average Bonchev–Trinajstić information content (AvgIpc) is 3.76. The molecule has 48 heavy (non-hydrogen) atoms. The van der Waals surface area contributed by atoms with E-state index in [1.54, 1.807) is 11.1 Å². The van der Waals surface area contributed by atoms with Gasteiger partial charge in [-0.3, -0.25) is 0 Å². The lowest BCUT2D eigenvalue weighted by molar-refractivity contribution is -0.0399. The first-order chi connectivity index (χ1) is 23.8. The maximum Gasteiger partial charge on any atom is 0.135 e. The maximum atomic E-state index is 6.19.